The SMILES string of the molecule is CC(=O)n1c2ccccc2c2ccc(Br)nc21. The Labute approximate surface area is 106 Å². The van der Waals surface area contributed by atoms with Crippen LogP contribution in [0.1, 0.15) is 11.7 Å². The first-order valence-electron chi connectivity index (χ1n) is 5.25. The summed E-state index contributed by atoms with van der Waals surface area (Å²) < 4.78 is 2.38. The normalized spacial score (nSPS) is 11.2. The molecule has 2 heterocycles. The molecule has 0 bridgehead atoms. The Balaban J connectivity index is 2.62. The highest BCUT2D eigenvalue weighted by Crippen LogP contribution is 2.28. The van der Waals surface area contributed by atoms with E-state index in [2.05, 4.69) is 20.9 Å². The number of carbonyl (C=O) groups excluding carboxylic acids is 1. The quantitative estimate of drug-likeness (QED) is 0.592. The Bertz CT molecular complexity index is 746. The molecule has 0 N–H and O–H groups in total. The summed E-state index contributed by atoms with van der Waals surface area (Å²) in [5.41, 5.74) is 1.61. The number of carbonyl (C=O) groups is 1. The van der Waals surface area contributed by atoms with Crippen molar-refractivity contribution in [2.24, 2.45) is 0 Å². The van der Waals surface area contributed by atoms with E-state index in [1.54, 1.807) is 11.5 Å². The molecular formula is C13H9BrN2O. The van der Waals surface area contributed by atoms with Crippen LogP contribution < -0.4 is 0 Å². The molecule has 17 heavy (non-hydrogen) atoms. The van der Waals surface area contributed by atoms with Gasteiger partial charge in [-0.2, -0.15) is 0 Å². The van der Waals surface area contributed by atoms with Crippen molar-refractivity contribution in [2.75, 3.05) is 0 Å². The molecule has 0 unspecified atom stereocenters. The molecule has 3 nitrogen and oxygen atoms in total. The van der Waals surface area contributed by atoms with E-state index in [0.717, 1.165) is 20.9 Å². The van der Waals surface area contributed by atoms with E-state index in [1.165, 1.54) is 0 Å². The van der Waals surface area contributed by atoms with Crippen molar-refractivity contribution in [3.05, 3.63) is 41.0 Å². The van der Waals surface area contributed by atoms with Crippen molar-refractivity contribution < 1.29 is 4.79 Å². The lowest BCUT2D eigenvalue weighted by molar-refractivity contribution is 0.0946. The molecule has 0 spiro atoms. The lowest BCUT2D eigenvalue weighted by atomic mass is 10.2. The molecule has 3 aromatic rings. The smallest absolute Gasteiger partial charge is 0.229 e. The minimum Gasteiger partial charge on any atom is -0.274 e. The van der Waals surface area contributed by atoms with Gasteiger partial charge in [0.05, 0.1) is 5.52 Å². The summed E-state index contributed by atoms with van der Waals surface area (Å²) in [5.74, 6) is -0.0261. The van der Waals surface area contributed by atoms with Crippen LogP contribution in [-0.2, 0) is 0 Å². The van der Waals surface area contributed by atoms with E-state index in [-0.39, 0.29) is 5.91 Å². The second-order valence-corrected chi connectivity index (χ2v) is 4.69. The van der Waals surface area contributed by atoms with E-state index in [0.29, 0.717) is 5.65 Å². The van der Waals surface area contributed by atoms with Gasteiger partial charge in [0, 0.05) is 17.7 Å². The van der Waals surface area contributed by atoms with Crippen molar-refractivity contribution in [3.8, 4) is 0 Å². The van der Waals surface area contributed by atoms with Gasteiger partial charge in [-0.05, 0) is 34.1 Å². The fourth-order valence-electron chi connectivity index (χ4n) is 2.14. The summed E-state index contributed by atoms with van der Waals surface area (Å²) in [6.45, 7) is 1.55. The minimum atomic E-state index is -0.0261. The third-order valence-corrected chi connectivity index (χ3v) is 3.24. The minimum absolute atomic E-state index is 0.0261. The first-order chi connectivity index (χ1) is 8.18. The van der Waals surface area contributed by atoms with Gasteiger partial charge in [0.15, 0.2) is 0 Å². The van der Waals surface area contributed by atoms with Crippen molar-refractivity contribution >= 4 is 43.8 Å². The maximum atomic E-state index is 11.8. The highest BCUT2D eigenvalue weighted by Gasteiger charge is 2.13. The number of rotatable bonds is 0. The summed E-state index contributed by atoms with van der Waals surface area (Å²) in [5, 5.41) is 2.05. The Kier molecular flexibility index (Phi) is 2.26. The standard InChI is InChI=1S/C13H9BrN2O/c1-8(17)16-11-5-3-2-4-9(11)10-6-7-12(14)15-13(10)16/h2-7H,1H3. The summed E-state index contributed by atoms with van der Waals surface area (Å²) in [6, 6.07) is 11.7. The fraction of sp³-hybridized carbons (Fsp3) is 0.0769. The molecule has 0 saturated carbocycles. The highest BCUT2D eigenvalue weighted by atomic mass is 79.9. The molecule has 0 fully saturated rings. The molecule has 0 saturated heterocycles. The largest absolute Gasteiger partial charge is 0.274 e. The molecule has 3 rings (SSSR count). The van der Waals surface area contributed by atoms with Gasteiger partial charge in [0.25, 0.3) is 0 Å². The van der Waals surface area contributed by atoms with Crippen LogP contribution in [0.3, 0.4) is 0 Å². The van der Waals surface area contributed by atoms with Crippen LogP contribution in [0.5, 0.6) is 0 Å². The predicted molar refractivity (Wildman–Crippen MR) is 71.2 cm³/mol. The molecule has 0 amide bonds. The van der Waals surface area contributed by atoms with Crippen molar-refractivity contribution in [1.29, 1.82) is 0 Å². The predicted octanol–water partition coefficient (Wildman–Crippen LogP) is 3.61. The number of aromatic nitrogens is 2. The third kappa shape index (κ3) is 1.48. The summed E-state index contributed by atoms with van der Waals surface area (Å²) in [6.07, 6.45) is 0. The van der Waals surface area contributed by atoms with Crippen LogP contribution >= 0.6 is 15.9 Å². The summed E-state index contributed by atoms with van der Waals surface area (Å²) in [4.78, 5) is 16.1. The van der Waals surface area contributed by atoms with E-state index < -0.39 is 0 Å². The number of nitrogens with zero attached hydrogens (tertiary/aromatic N) is 2. The number of benzene rings is 1. The Hall–Kier alpha value is -1.68. The third-order valence-electron chi connectivity index (χ3n) is 2.80. The molecule has 0 aliphatic rings. The van der Waals surface area contributed by atoms with Crippen LogP contribution in [-0.4, -0.2) is 15.5 Å². The van der Waals surface area contributed by atoms with E-state index >= 15 is 0 Å². The van der Waals surface area contributed by atoms with E-state index in [1.807, 2.05) is 36.4 Å². The average molecular weight is 289 g/mol. The second-order valence-electron chi connectivity index (χ2n) is 3.88. The van der Waals surface area contributed by atoms with Gasteiger partial charge >= 0.3 is 0 Å². The number of pyridine rings is 1. The molecule has 84 valence electrons. The molecule has 0 radical (unpaired) electrons. The van der Waals surface area contributed by atoms with Crippen molar-refractivity contribution in [3.63, 3.8) is 0 Å². The van der Waals surface area contributed by atoms with Gasteiger partial charge in [-0.15, -0.1) is 0 Å². The Morgan fingerprint density at radius 1 is 1.18 bits per heavy atom. The van der Waals surface area contributed by atoms with Crippen molar-refractivity contribution in [2.45, 2.75) is 6.92 Å². The zero-order chi connectivity index (χ0) is 12.0. The molecule has 2 aromatic heterocycles. The Morgan fingerprint density at radius 2 is 1.94 bits per heavy atom. The maximum Gasteiger partial charge on any atom is 0.229 e. The van der Waals surface area contributed by atoms with Crippen LogP contribution in [0.25, 0.3) is 21.9 Å². The first kappa shape index (κ1) is 10.5. The maximum absolute atomic E-state index is 11.8. The molecule has 1 aromatic carbocycles. The molecule has 0 aliphatic heterocycles. The number of halogens is 1. The number of para-hydroxylation sites is 1. The fourth-order valence-corrected chi connectivity index (χ4v) is 2.44. The zero-order valence-corrected chi connectivity index (χ0v) is 10.7. The van der Waals surface area contributed by atoms with E-state index in [4.69, 9.17) is 0 Å². The molecule has 0 aliphatic carbocycles. The highest BCUT2D eigenvalue weighted by molar-refractivity contribution is 9.10. The van der Waals surface area contributed by atoms with Gasteiger partial charge in [0.2, 0.25) is 5.91 Å². The molecule has 0 atom stereocenters. The topological polar surface area (TPSA) is 34.9 Å². The molecule has 4 heteroatoms. The van der Waals surface area contributed by atoms with Gasteiger partial charge < -0.3 is 0 Å². The van der Waals surface area contributed by atoms with Gasteiger partial charge in [-0.3, -0.25) is 9.36 Å². The Morgan fingerprint density at radius 3 is 2.71 bits per heavy atom. The second kappa shape index (κ2) is 3.67. The van der Waals surface area contributed by atoms with Crippen LogP contribution in [0.4, 0.5) is 0 Å². The number of hydrogen-bond donors (Lipinski definition) is 0. The van der Waals surface area contributed by atoms with Gasteiger partial charge in [-0.25, -0.2) is 4.98 Å². The van der Waals surface area contributed by atoms with Gasteiger partial charge in [0.1, 0.15) is 10.3 Å². The summed E-state index contributed by atoms with van der Waals surface area (Å²) >= 11 is 3.34. The van der Waals surface area contributed by atoms with Crippen molar-refractivity contribution in [1.82, 2.24) is 9.55 Å². The number of hydrogen-bond acceptors (Lipinski definition) is 2. The van der Waals surface area contributed by atoms with Gasteiger partial charge in [-0.1, -0.05) is 18.2 Å². The lowest BCUT2D eigenvalue weighted by Gasteiger charge is -2.00. The first-order valence-corrected chi connectivity index (χ1v) is 6.04. The van der Waals surface area contributed by atoms with Crippen LogP contribution in [0, 0.1) is 0 Å². The lowest BCUT2D eigenvalue weighted by Crippen LogP contribution is -2.05. The van der Waals surface area contributed by atoms with Crippen LogP contribution in [0.2, 0.25) is 0 Å². The number of fused-ring (bicyclic) bond motifs is 3. The summed E-state index contributed by atoms with van der Waals surface area (Å²) in [7, 11) is 0. The molecular weight excluding hydrogens is 280 g/mol. The monoisotopic (exact) mass is 288 g/mol. The zero-order valence-electron chi connectivity index (χ0n) is 9.14. The van der Waals surface area contributed by atoms with Crippen LogP contribution in [0.15, 0.2) is 41.0 Å². The van der Waals surface area contributed by atoms with E-state index in [9.17, 15) is 4.79 Å². The average Bonchev–Trinajstić information content (AvgIpc) is 2.62.